The highest BCUT2D eigenvalue weighted by Gasteiger charge is 2.24. The summed E-state index contributed by atoms with van der Waals surface area (Å²) >= 11 is 0. The molecule has 2 N–H and O–H groups in total. The third-order valence-corrected chi connectivity index (χ3v) is 3.03. The van der Waals surface area contributed by atoms with E-state index in [1.165, 1.54) is 17.0 Å². The highest BCUT2D eigenvalue weighted by molar-refractivity contribution is 5.94. The van der Waals surface area contributed by atoms with Crippen molar-refractivity contribution in [3.63, 3.8) is 0 Å². The molecular weight excluding hydrogens is 267 g/mol. The third-order valence-electron chi connectivity index (χ3n) is 3.03. The van der Waals surface area contributed by atoms with Crippen LogP contribution >= 0.6 is 0 Å². The van der Waals surface area contributed by atoms with E-state index in [0.29, 0.717) is 6.54 Å². The summed E-state index contributed by atoms with van der Waals surface area (Å²) in [5.41, 5.74) is -0.150. The Morgan fingerprint density at radius 1 is 1.60 bits per heavy atom. The van der Waals surface area contributed by atoms with Gasteiger partial charge in [0.25, 0.3) is 5.91 Å². The summed E-state index contributed by atoms with van der Waals surface area (Å²) in [6.45, 7) is 0.526. The summed E-state index contributed by atoms with van der Waals surface area (Å²) in [4.78, 5) is 24.5. The van der Waals surface area contributed by atoms with Crippen molar-refractivity contribution in [2.75, 3.05) is 26.7 Å². The number of rotatable bonds is 3. The van der Waals surface area contributed by atoms with Crippen molar-refractivity contribution < 1.29 is 23.8 Å². The lowest BCUT2D eigenvalue weighted by Gasteiger charge is -2.29. The van der Waals surface area contributed by atoms with Gasteiger partial charge < -0.3 is 20.1 Å². The maximum atomic E-state index is 13.5. The van der Waals surface area contributed by atoms with Crippen LogP contribution in [-0.2, 0) is 9.53 Å². The largest absolute Gasteiger partial charge is 0.508 e. The van der Waals surface area contributed by atoms with Crippen LogP contribution in [0.2, 0.25) is 0 Å². The molecule has 1 saturated heterocycles. The minimum Gasteiger partial charge on any atom is -0.508 e. The SMILES string of the molecule is CN1CC(CNC(=O)c2ccc(O)cc2F)OCC1=O. The lowest BCUT2D eigenvalue weighted by atomic mass is 10.2. The standard InChI is InChI=1S/C13H15FN2O4/c1-16-6-9(20-7-12(16)18)5-15-13(19)10-3-2-8(17)4-11(10)14/h2-4,9,17H,5-7H2,1H3,(H,15,19). The number of phenols is 1. The normalized spacial score (nSPS) is 19.0. The van der Waals surface area contributed by atoms with Crippen LogP contribution < -0.4 is 5.32 Å². The zero-order chi connectivity index (χ0) is 14.7. The van der Waals surface area contributed by atoms with E-state index in [4.69, 9.17) is 9.84 Å². The number of nitrogens with zero attached hydrogens (tertiary/aromatic N) is 1. The number of carbonyl (C=O) groups is 2. The van der Waals surface area contributed by atoms with Crippen LogP contribution in [0.1, 0.15) is 10.4 Å². The fourth-order valence-corrected chi connectivity index (χ4v) is 1.87. The molecule has 108 valence electrons. The number of nitrogens with one attached hydrogen (secondary N) is 1. The van der Waals surface area contributed by atoms with E-state index in [1.807, 2.05) is 0 Å². The van der Waals surface area contributed by atoms with Crippen molar-refractivity contribution in [2.24, 2.45) is 0 Å². The summed E-state index contributed by atoms with van der Waals surface area (Å²) in [7, 11) is 1.65. The summed E-state index contributed by atoms with van der Waals surface area (Å²) in [6.07, 6.45) is -0.318. The molecule has 0 saturated carbocycles. The van der Waals surface area contributed by atoms with Crippen molar-refractivity contribution in [3.8, 4) is 5.75 Å². The first kappa shape index (κ1) is 14.3. The molecule has 1 aromatic rings. The number of carbonyl (C=O) groups excluding carboxylic acids is 2. The van der Waals surface area contributed by atoms with Crippen molar-refractivity contribution in [1.29, 1.82) is 0 Å². The average molecular weight is 282 g/mol. The zero-order valence-electron chi connectivity index (χ0n) is 10.9. The quantitative estimate of drug-likeness (QED) is 0.825. The molecule has 1 atom stereocenters. The number of morpholine rings is 1. The highest BCUT2D eigenvalue weighted by atomic mass is 19.1. The molecule has 2 amide bonds. The smallest absolute Gasteiger partial charge is 0.254 e. The Morgan fingerprint density at radius 3 is 3.00 bits per heavy atom. The Bertz CT molecular complexity index is 535. The van der Waals surface area contributed by atoms with Gasteiger partial charge in [0.05, 0.1) is 11.7 Å². The highest BCUT2D eigenvalue weighted by Crippen LogP contribution is 2.15. The molecular formula is C13H15FN2O4. The molecule has 20 heavy (non-hydrogen) atoms. The summed E-state index contributed by atoms with van der Waals surface area (Å²) in [6, 6.07) is 3.32. The van der Waals surface area contributed by atoms with E-state index in [9.17, 15) is 14.0 Å². The summed E-state index contributed by atoms with van der Waals surface area (Å²) < 4.78 is 18.7. The Hall–Kier alpha value is -2.15. The van der Waals surface area contributed by atoms with E-state index in [2.05, 4.69) is 5.32 Å². The first-order chi connectivity index (χ1) is 9.47. The van der Waals surface area contributed by atoms with E-state index in [1.54, 1.807) is 7.05 Å². The van der Waals surface area contributed by atoms with Gasteiger partial charge in [0.15, 0.2) is 0 Å². The lowest BCUT2D eigenvalue weighted by molar-refractivity contribution is -0.146. The molecule has 6 nitrogen and oxygen atoms in total. The molecule has 0 radical (unpaired) electrons. The lowest BCUT2D eigenvalue weighted by Crippen LogP contribution is -2.48. The summed E-state index contributed by atoms with van der Waals surface area (Å²) in [5.74, 6) is -1.74. The van der Waals surface area contributed by atoms with Gasteiger partial charge in [0.2, 0.25) is 5.91 Å². The van der Waals surface area contributed by atoms with Crippen LogP contribution in [0.15, 0.2) is 18.2 Å². The van der Waals surface area contributed by atoms with Crippen LogP contribution in [0.3, 0.4) is 0 Å². The average Bonchev–Trinajstić information content (AvgIpc) is 2.40. The molecule has 0 aliphatic carbocycles. The van der Waals surface area contributed by atoms with E-state index >= 15 is 0 Å². The van der Waals surface area contributed by atoms with Gasteiger partial charge in [-0.25, -0.2) is 4.39 Å². The molecule has 1 aliphatic heterocycles. The van der Waals surface area contributed by atoms with E-state index in [-0.39, 0.29) is 36.5 Å². The molecule has 1 aliphatic rings. The number of amides is 2. The van der Waals surface area contributed by atoms with Crippen LogP contribution in [-0.4, -0.2) is 54.7 Å². The molecule has 0 aromatic heterocycles. The Balaban J connectivity index is 1.91. The summed E-state index contributed by atoms with van der Waals surface area (Å²) in [5, 5.41) is 11.6. The predicted octanol–water partition coefficient (Wildman–Crippen LogP) is 0.118. The van der Waals surface area contributed by atoms with Crippen molar-refractivity contribution in [3.05, 3.63) is 29.6 Å². The number of phenolic OH excluding ortho intramolecular Hbond substituents is 1. The van der Waals surface area contributed by atoms with Crippen LogP contribution in [0.4, 0.5) is 4.39 Å². The monoisotopic (exact) mass is 282 g/mol. The van der Waals surface area contributed by atoms with Gasteiger partial charge in [0, 0.05) is 26.2 Å². The molecule has 1 unspecified atom stereocenters. The van der Waals surface area contributed by atoms with Crippen molar-refractivity contribution in [2.45, 2.75) is 6.10 Å². The molecule has 1 aromatic carbocycles. The molecule has 7 heteroatoms. The first-order valence-corrected chi connectivity index (χ1v) is 6.09. The van der Waals surface area contributed by atoms with E-state index < -0.39 is 11.7 Å². The number of ether oxygens (including phenoxy) is 1. The first-order valence-electron chi connectivity index (χ1n) is 6.09. The maximum Gasteiger partial charge on any atom is 0.254 e. The number of hydrogen-bond acceptors (Lipinski definition) is 4. The van der Waals surface area contributed by atoms with Crippen molar-refractivity contribution >= 4 is 11.8 Å². The van der Waals surface area contributed by atoms with Gasteiger partial charge in [-0.3, -0.25) is 9.59 Å². The van der Waals surface area contributed by atoms with Gasteiger partial charge >= 0.3 is 0 Å². The minimum atomic E-state index is -0.792. The second-order valence-corrected chi connectivity index (χ2v) is 4.58. The Morgan fingerprint density at radius 2 is 2.35 bits per heavy atom. The fourth-order valence-electron chi connectivity index (χ4n) is 1.87. The Labute approximate surface area is 115 Å². The fraction of sp³-hybridized carbons (Fsp3) is 0.385. The van der Waals surface area contributed by atoms with Gasteiger partial charge in [-0.05, 0) is 12.1 Å². The predicted molar refractivity (Wildman–Crippen MR) is 67.8 cm³/mol. The number of aromatic hydroxyl groups is 1. The molecule has 1 heterocycles. The number of hydrogen-bond donors (Lipinski definition) is 2. The Kier molecular flexibility index (Phi) is 4.19. The number of halogens is 1. The third kappa shape index (κ3) is 3.24. The topological polar surface area (TPSA) is 78.9 Å². The van der Waals surface area contributed by atoms with Crippen LogP contribution in [0, 0.1) is 5.82 Å². The molecule has 1 fully saturated rings. The van der Waals surface area contributed by atoms with Crippen molar-refractivity contribution in [1.82, 2.24) is 10.2 Å². The van der Waals surface area contributed by atoms with E-state index in [0.717, 1.165) is 6.07 Å². The van der Waals surface area contributed by atoms with Crippen LogP contribution in [0.25, 0.3) is 0 Å². The number of benzene rings is 1. The second-order valence-electron chi connectivity index (χ2n) is 4.58. The second kappa shape index (κ2) is 5.87. The molecule has 0 spiro atoms. The molecule has 0 bridgehead atoms. The minimum absolute atomic E-state index is 0.0232. The number of likely N-dealkylation sites (N-methyl/N-ethyl adjacent to an activating group) is 1. The van der Waals surface area contributed by atoms with Gasteiger partial charge in [-0.15, -0.1) is 0 Å². The van der Waals surface area contributed by atoms with Gasteiger partial charge in [-0.2, -0.15) is 0 Å². The maximum absolute atomic E-state index is 13.5. The van der Waals surface area contributed by atoms with Gasteiger partial charge in [0.1, 0.15) is 18.2 Å². The zero-order valence-corrected chi connectivity index (χ0v) is 10.9. The van der Waals surface area contributed by atoms with Gasteiger partial charge in [-0.1, -0.05) is 0 Å². The molecule has 2 rings (SSSR count). The van der Waals surface area contributed by atoms with Crippen LogP contribution in [0.5, 0.6) is 5.75 Å².